The van der Waals surface area contributed by atoms with Crippen molar-refractivity contribution in [1.82, 2.24) is 9.88 Å². The Kier molecular flexibility index (Phi) is 10.1. The molecule has 3 rings (SSSR count). The Morgan fingerprint density at radius 1 is 1.25 bits per heavy atom. The number of hydrogen-bond acceptors (Lipinski definition) is 2. The van der Waals surface area contributed by atoms with Crippen molar-refractivity contribution in [2.75, 3.05) is 6.61 Å². The summed E-state index contributed by atoms with van der Waals surface area (Å²) in [5.74, 6) is 0.995. The molecule has 0 bridgehead atoms. The molecular formula is C24H38N2O2. The molecule has 2 N–H and O–H groups in total. The molecule has 0 spiro atoms. The highest BCUT2D eigenvalue weighted by molar-refractivity contribution is 5.75. The lowest BCUT2D eigenvalue weighted by Crippen LogP contribution is -2.32. The van der Waals surface area contributed by atoms with Crippen LogP contribution < -0.4 is 15.9 Å². The van der Waals surface area contributed by atoms with E-state index in [2.05, 4.69) is 40.4 Å². The maximum absolute atomic E-state index is 12.2. The van der Waals surface area contributed by atoms with E-state index in [1.165, 1.54) is 38.5 Å². The Morgan fingerprint density at radius 3 is 2.79 bits per heavy atom. The Bertz CT molecular complexity index is 739. The van der Waals surface area contributed by atoms with E-state index in [-0.39, 0.29) is 12.5 Å². The predicted molar refractivity (Wildman–Crippen MR) is 117 cm³/mol. The Hall–Kier alpha value is -1.81. The molecule has 4 heteroatoms. The van der Waals surface area contributed by atoms with E-state index in [4.69, 9.17) is 0 Å². The standard InChI is InChI=1S/C22H32N2O2.C2H6/c25-15-14-24-17-19(20-11-5-2-6-12-21(20)24)16-23-22(26)13-7-10-18-8-3-1-4-9-18;1-2/h2,5,11-12,17-18,25H,1,3-4,6-10,13-16H2,(H,23,26);1-2H3. The lowest BCUT2D eigenvalue weighted by atomic mass is 9.86. The molecule has 1 saturated carbocycles. The number of nitrogens with one attached hydrogen (secondary N) is 1. The van der Waals surface area contributed by atoms with Crippen LogP contribution in [0.3, 0.4) is 0 Å². The molecule has 4 nitrogen and oxygen atoms in total. The second kappa shape index (κ2) is 12.6. The monoisotopic (exact) mass is 386 g/mol. The van der Waals surface area contributed by atoms with Crippen LogP contribution in [-0.2, 0) is 17.9 Å². The first-order chi connectivity index (χ1) is 13.8. The summed E-state index contributed by atoms with van der Waals surface area (Å²) >= 11 is 0. The molecule has 1 heterocycles. The van der Waals surface area contributed by atoms with Crippen molar-refractivity contribution < 1.29 is 9.90 Å². The fourth-order valence-corrected chi connectivity index (χ4v) is 4.23. The summed E-state index contributed by atoms with van der Waals surface area (Å²) in [7, 11) is 0. The van der Waals surface area contributed by atoms with Gasteiger partial charge in [0.2, 0.25) is 5.91 Å². The summed E-state index contributed by atoms with van der Waals surface area (Å²) in [4.78, 5) is 12.2. The highest BCUT2D eigenvalue weighted by Gasteiger charge is 2.14. The van der Waals surface area contributed by atoms with Crippen LogP contribution in [0, 0.1) is 5.92 Å². The fraction of sp³-hybridized carbons (Fsp3) is 0.625. The van der Waals surface area contributed by atoms with Crippen molar-refractivity contribution in [3.05, 3.63) is 34.5 Å². The molecule has 0 aromatic carbocycles. The van der Waals surface area contributed by atoms with E-state index < -0.39 is 0 Å². The lowest BCUT2D eigenvalue weighted by Gasteiger charge is -2.21. The molecule has 1 amide bonds. The quantitative estimate of drug-likeness (QED) is 0.719. The molecule has 0 aliphatic heterocycles. The van der Waals surface area contributed by atoms with Gasteiger partial charge in [-0.25, -0.2) is 0 Å². The maximum atomic E-state index is 12.2. The SMILES string of the molecule is CC.O=C(CCCC1CCCCC1)NCc1cn(CCO)c2c1=CC=CCC=2. The van der Waals surface area contributed by atoms with Crippen LogP contribution >= 0.6 is 0 Å². The van der Waals surface area contributed by atoms with Crippen molar-refractivity contribution in [2.45, 2.75) is 84.7 Å². The zero-order valence-corrected chi connectivity index (χ0v) is 17.8. The van der Waals surface area contributed by atoms with Crippen molar-refractivity contribution in [1.29, 1.82) is 0 Å². The summed E-state index contributed by atoms with van der Waals surface area (Å²) in [5.41, 5.74) is 1.12. The van der Waals surface area contributed by atoms with E-state index in [0.29, 0.717) is 19.5 Å². The lowest BCUT2D eigenvalue weighted by molar-refractivity contribution is -0.121. The second-order valence-electron chi connectivity index (χ2n) is 7.58. The molecule has 156 valence electrons. The van der Waals surface area contributed by atoms with Crippen LogP contribution in [0.4, 0.5) is 0 Å². The number of aliphatic hydroxyl groups excluding tert-OH is 1. The predicted octanol–water partition coefficient (Wildman–Crippen LogP) is 3.39. The number of fused-ring (bicyclic) bond motifs is 1. The van der Waals surface area contributed by atoms with Crippen LogP contribution in [0.1, 0.15) is 77.2 Å². The van der Waals surface area contributed by atoms with Crippen molar-refractivity contribution in [3.63, 3.8) is 0 Å². The highest BCUT2D eigenvalue weighted by Crippen LogP contribution is 2.27. The van der Waals surface area contributed by atoms with Crippen LogP contribution in [0.5, 0.6) is 0 Å². The number of amides is 1. The van der Waals surface area contributed by atoms with Gasteiger partial charge in [-0.05, 0) is 30.7 Å². The Labute approximate surface area is 170 Å². The molecule has 1 aromatic heterocycles. The van der Waals surface area contributed by atoms with Gasteiger partial charge >= 0.3 is 0 Å². The van der Waals surface area contributed by atoms with Gasteiger partial charge in [0, 0.05) is 36.3 Å². The van der Waals surface area contributed by atoms with Gasteiger partial charge in [-0.1, -0.05) is 70.3 Å². The van der Waals surface area contributed by atoms with Gasteiger partial charge in [0.1, 0.15) is 0 Å². The largest absolute Gasteiger partial charge is 0.395 e. The third kappa shape index (κ3) is 6.66. The maximum Gasteiger partial charge on any atom is 0.220 e. The van der Waals surface area contributed by atoms with E-state index in [0.717, 1.165) is 34.9 Å². The minimum atomic E-state index is 0.120. The molecule has 2 aliphatic rings. The molecule has 0 radical (unpaired) electrons. The Balaban J connectivity index is 0.00000136. The third-order valence-corrected chi connectivity index (χ3v) is 5.65. The van der Waals surface area contributed by atoms with Gasteiger partial charge < -0.3 is 15.0 Å². The van der Waals surface area contributed by atoms with Crippen LogP contribution in [0.2, 0.25) is 0 Å². The average molecular weight is 387 g/mol. The topological polar surface area (TPSA) is 54.3 Å². The number of aromatic nitrogens is 1. The number of carbonyl (C=O) groups is 1. The number of nitrogens with zero attached hydrogens (tertiary/aromatic N) is 1. The van der Waals surface area contributed by atoms with Crippen LogP contribution in [0.25, 0.3) is 12.2 Å². The van der Waals surface area contributed by atoms with Crippen molar-refractivity contribution in [2.24, 2.45) is 5.92 Å². The first-order valence-corrected chi connectivity index (χ1v) is 11.2. The molecular weight excluding hydrogens is 348 g/mol. The van der Waals surface area contributed by atoms with Crippen molar-refractivity contribution >= 4 is 18.1 Å². The molecule has 0 atom stereocenters. The molecule has 2 aliphatic carbocycles. The second-order valence-corrected chi connectivity index (χ2v) is 7.58. The van der Waals surface area contributed by atoms with Gasteiger partial charge in [0.05, 0.1) is 6.61 Å². The minimum absolute atomic E-state index is 0.120. The molecule has 1 fully saturated rings. The molecule has 0 unspecified atom stereocenters. The third-order valence-electron chi connectivity index (χ3n) is 5.65. The number of hydrogen-bond donors (Lipinski definition) is 2. The molecule has 28 heavy (non-hydrogen) atoms. The van der Waals surface area contributed by atoms with E-state index >= 15 is 0 Å². The highest BCUT2D eigenvalue weighted by atomic mass is 16.3. The first kappa shape index (κ1) is 22.5. The zero-order valence-electron chi connectivity index (χ0n) is 17.8. The normalized spacial score (nSPS) is 16.1. The van der Waals surface area contributed by atoms with Crippen LogP contribution in [0.15, 0.2) is 18.3 Å². The Morgan fingerprint density at radius 2 is 2.04 bits per heavy atom. The summed E-state index contributed by atoms with van der Waals surface area (Å²) in [6.45, 7) is 5.26. The number of rotatable bonds is 8. The van der Waals surface area contributed by atoms with E-state index in [9.17, 15) is 9.90 Å². The van der Waals surface area contributed by atoms with Crippen LogP contribution in [-0.4, -0.2) is 22.2 Å². The molecule has 0 saturated heterocycles. The van der Waals surface area contributed by atoms with E-state index in [1.54, 1.807) is 0 Å². The smallest absolute Gasteiger partial charge is 0.220 e. The van der Waals surface area contributed by atoms with E-state index in [1.807, 2.05) is 13.8 Å². The number of carbonyl (C=O) groups excluding carboxylic acids is 1. The fourth-order valence-electron chi connectivity index (χ4n) is 4.23. The van der Waals surface area contributed by atoms with Crippen molar-refractivity contribution in [3.8, 4) is 0 Å². The van der Waals surface area contributed by atoms with Gasteiger partial charge in [-0.3, -0.25) is 4.79 Å². The molecule has 1 aromatic rings. The first-order valence-electron chi connectivity index (χ1n) is 11.2. The summed E-state index contributed by atoms with van der Waals surface area (Å²) in [6.07, 6.45) is 21.1. The minimum Gasteiger partial charge on any atom is -0.395 e. The summed E-state index contributed by atoms with van der Waals surface area (Å²) in [6, 6.07) is 0. The zero-order chi connectivity index (χ0) is 20.2. The van der Waals surface area contributed by atoms with Gasteiger partial charge in [-0.15, -0.1) is 0 Å². The number of aliphatic hydroxyl groups is 1. The summed E-state index contributed by atoms with van der Waals surface area (Å²) in [5, 5.41) is 14.7. The van der Waals surface area contributed by atoms with Gasteiger partial charge in [0.25, 0.3) is 0 Å². The average Bonchev–Trinajstić information content (AvgIpc) is 2.89. The number of allylic oxidation sites excluding steroid dienone is 2. The summed E-state index contributed by atoms with van der Waals surface area (Å²) < 4.78 is 2.09. The van der Waals surface area contributed by atoms with Gasteiger partial charge in [0.15, 0.2) is 0 Å². The van der Waals surface area contributed by atoms with Gasteiger partial charge in [-0.2, -0.15) is 0 Å².